The van der Waals surface area contributed by atoms with Gasteiger partial charge in [-0.3, -0.25) is 9.59 Å². The predicted molar refractivity (Wildman–Crippen MR) is 118 cm³/mol. The molecule has 0 saturated heterocycles. The number of halogens is 3. The molecule has 3 nitrogen and oxygen atoms in total. The standard InChI is InChI=1S/C22H26Cl3NO2/c1-13-8-10-14(11-9-13)18(28)26-16-12-15(19(2,3)4)17(27)21(23,20(5,6)7)22(16,24)25/h8-12H,1-7H3. The molecule has 1 aromatic carbocycles. The van der Waals surface area contributed by atoms with Crippen LogP contribution in [0.1, 0.15) is 57.5 Å². The molecule has 1 aliphatic carbocycles. The molecule has 1 unspecified atom stereocenters. The van der Waals surface area contributed by atoms with Gasteiger partial charge in [0.15, 0.2) is 15.0 Å². The number of aliphatic imine (C=N–C) groups is 1. The first-order valence-electron chi connectivity index (χ1n) is 9.07. The van der Waals surface area contributed by atoms with E-state index in [0.717, 1.165) is 5.56 Å². The van der Waals surface area contributed by atoms with Crippen molar-refractivity contribution in [3.8, 4) is 0 Å². The highest BCUT2D eigenvalue weighted by Crippen LogP contribution is 2.56. The monoisotopic (exact) mass is 441 g/mol. The van der Waals surface area contributed by atoms with E-state index >= 15 is 0 Å². The van der Waals surface area contributed by atoms with Gasteiger partial charge in [0.2, 0.25) is 0 Å². The summed E-state index contributed by atoms with van der Waals surface area (Å²) in [5.74, 6) is -0.839. The Morgan fingerprint density at radius 1 is 0.964 bits per heavy atom. The molecule has 1 amide bonds. The minimum atomic E-state index is -1.88. The molecule has 0 heterocycles. The van der Waals surface area contributed by atoms with Crippen molar-refractivity contribution < 1.29 is 9.59 Å². The fourth-order valence-corrected chi connectivity index (χ4v) is 4.27. The number of carbonyl (C=O) groups excluding carboxylic acids is 2. The van der Waals surface area contributed by atoms with E-state index in [4.69, 9.17) is 34.8 Å². The van der Waals surface area contributed by atoms with Crippen LogP contribution in [0, 0.1) is 17.8 Å². The predicted octanol–water partition coefficient (Wildman–Crippen LogP) is 6.33. The fourth-order valence-electron chi connectivity index (χ4n) is 3.14. The number of nitrogens with zero attached hydrogens (tertiary/aromatic N) is 1. The lowest BCUT2D eigenvalue weighted by Crippen LogP contribution is -2.63. The van der Waals surface area contributed by atoms with E-state index in [0.29, 0.717) is 11.1 Å². The van der Waals surface area contributed by atoms with E-state index in [9.17, 15) is 9.59 Å². The molecular weight excluding hydrogens is 417 g/mol. The van der Waals surface area contributed by atoms with Gasteiger partial charge >= 0.3 is 0 Å². The van der Waals surface area contributed by atoms with Gasteiger partial charge in [-0.2, -0.15) is 0 Å². The molecule has 0 N–H and O–H groups in total. The van der Waals surface area contributed by atoms with Crippen LogP contribution in [-0.4, -0.2) is 26.6 Å². The van der Waals surface area contributed by atoms with Crippen molar-refractivity contribution in [3.63, 3.8) is 0 Å². The minimum absolute atomic E-state index is 0.0795. The van der Waals surface area contributed by atoms with E-state index < -0.39 is 25.9 Å². The number of Topliss-reactive ketones (excluding diaryl/α,β-unsaturated/α-hetero) is 1. The highest BCUT2D eigenvalue weighted by Gasteiger charge is 2.66. The van der Waals surface area contributed by atoms with Gasteiger partial charge in [-0.05, 0) is 36.0 Å². The van der Waals surface area contributed by atoms with Crippen molar-refractivity contribution >= 4 is 52.2 Å². The second-order valence-electron chi connectivity index (χ2n) is 9.29. The lowest BCUT2D eigenvalue weighted by Gasteiger charge is -2.49. The van der Waals surface area contributed by atoms with E-state index in [2.05, 4.69) is 4.99 Å². The summed E-state index contributed by atoms with van der Waals surface area (Å²) in [6.45, 7) is 13.0. The lowest BCUT2D eigenvalue weighted by molar-refractivity contribution is -0.121. The van der Waals surface area contributed by atoms with Gasteiger partial charge in [0.25, 0.3) is 5.91 Å². The molecule has 0 bridgehead atoms. The summed E-state index contributed by atoms with van der Waals surface area (Å²) in [7, 11) is 0. The van der Waals surface area contributed by atoms with Crippen molar-refractivity contribution in [2.24, 2.45) is 15.8 Å². The minimum Gasteiger partial charge on any atom is -0.292 e. The number of amides is 1. The summed E-state index contributed by atoms with van der Waals surface area (Å²) >= 11 is 20.3. The van der Waals surface area contributed by atoms with Crippen molar-refractivity contribution in [2.45, 2.75) is 57.7 Å². The molecule has 152 valence electrons. The second-order valence-corrected chi connectivity index (χ2v) is 11.2. The summed E-state index contributed by atoms with van der Waals surface area (Å²) < 4.78 is -1.88. The zero-order valence-corrected chi connectivity index (χ0v) is 19.6. The fraction of sp³-hybridized carbons (Fsp3) is 0.500. The van der Waals surface area contributed by atoms with E-state index in [1.807, 2.05) is 39.8 Å². The molecule has 0 fully saturated rings. The first-order chi connectivity index (χ1) is 12.5. The Kier molecular flexibility index (Phi) is 6.00. The third-order valence-corrected chi connectivity index (χ3v) is 7.12. The summed E-state index contributed by atoms with van der Waals surface area (Å²) in [4.78, 5) is 28.6. The van der Waals surface area contributed by atoms with Gasteiger partial charge in [-0.1, -0.05) is 82.4 Å². The number of allylic oxidation sites excluding steroid dienone is 2. The third-order valence-electron chi connectivity index (χ3n) is 4.95. The molecule has 1 aromatic rings. The number of rotatable bonds is 1. The summed E-state index contributed by atoms with van der Waals surface area (Å²) in [6, 6.07) is 7.02. The highest BCUT2D eigenvalue weighted by molar-refractivity contribution is 6.69. The number of benzene rings is 1. The molecule has 28 heavy (non-hydrogen) atoms. The van der Waals surface area contributed by atoms with Gasteiger partial charge in [-0.25, -0.2) is 4.99 Å². The lowest BCUT2D eigenvalue weighted by atomic mass is 9.65. The van der Waals surface area contributed by atoms with Crippen LogP contribution in [0.3, 0.4) is 0 Å². The van der Waals surface area contributed by atoms with Gasteiger partial charge < -0.3 is 0 Å². The Bertz CT molecular complexity index is 869. The zero-order chi connectivity index (χ0) is 21.7. The number of alkyl halides is 3. The molecular formula is C22H26Cl3NO2. The van der Waals surface area contributed by atoms with Crippen LogP contribution in [0.5, 0.6) is 0 Å². The Balaban J connectivity index is 2.73. The van der Waals surface area contributed by atoms with Gasteiger partial charge in [-0.15, -0.1) is 11.6 Å². The first kappa shape index (κ1) is 23.1. The zero-order valence-electron chi connectivity index (χ0n) is 17.3. The summed E-state index contributed by atoms with van der Waals surface area (Å²) in [5, 5.41) is 0. The first-order valence-corrected chi connectivity index (χ1v) is 10.2. The number of aryl methyl sites for hydroxylation is 1. The normalized spacial score (nSPS) is 24.3. The van der Waals surface area contributed by atoms with Crippen LogP contribution in [0.15, 0.2) is 40.9 Å². The summed E-state index contributed by atoms with van der Waals surface area (Å²) in [6.07, 6.45) is 1.51. The average molecular weight is 443 g/mol. The van der Waals surface area contributed by atoms with Crippen molar-refractivity contribution in [1.29, 1.82) is 0 Å². The van der Waals surface area contributed by atoms with E-state index in [1.54, 1.807) is 32.9 Å². The van der Waals surface area contributed by atoms with Crippen LogP contribution in [0.4, 0.5) is 0 Å². The Morgan fingerprint density at radius 2 is 1.46 bits per heavy atom. The van der Waals surface area contributed by atoms with Gasteiger partial charge in [0.05, 0.1) is 5.71 Å². The molecule has 1 atom stereocenters. The van der Waals surface area contributed by atoms with Crippen LogP contribution in [0.2, 0.25) is 0 Å². The topological polar surface area (TPSA) is 46.5 Å². The number of hydrogen-bond acceptors (Lipinski definition) is 2. The largest absolute Gasteiger partial charge is 0.292 e. The van der Waals surface area contributed by atoms with Crippen LogP contribution >= 0.6 is 34.8 Å². The maximum Gasteiger partial charge on any atom is 0.277 e. The van der Waals surface area contributed by atoms with Crippen molar-refractivity contribution in [3.05, 3.63) is 47.0 Å². The Hall–Kier alpha value is -1.16. The maximum absolute atomic E-state index is 13.4. The molecule has 6 heteroatoms. The second kappa shape index (κ2) is 7.27. The van der Waals surface area contributed by atoms with Crippen LogP contribution in [0.25, 0.3) is 0 Å². The molecule has 0 saturated carbocycles. The maximum atomic E-state index is 13.4. The summed E-state index contributed by atoms with van der Waals surface area (Å²) in [5.41, 5.74) is 0.619. The molecule has 0 radical (unpaired) electrons. The van der Waals surface area contributed by atoms with E-state index in [-0.39, 0.29) is 11.5 Å². The molecule has 2 rings (SSSR count). The molecule has 1 aliphatic rings. The number of hydrogen-bond donors (Lipinski definition) is 0. The smallest absolute Gasteiger partial charge is 0.277 e. The molecule has 0 spiro atoms. The van der Waals surface area contributed by atoms with Crippen molar-refractivity contribution in [1.82, 2.24) is 0 Å². The molecule has 0 aromatic heterocycles. The third kappa shape index (κ3) is 3.81. The average Bonchev–Trinajstić information content (AvgIpc) is 2.53. The van der Waals surface area contributed by atoms with E-state index in [1.165, 1.54) is 6.08 Å². The number of carbonyl (C=O) groups is 2. The Morgan fingerprint density at radius 3 is 1.89 bits per heavy atom. The van der Waals surface area contributed by atoms with Crippen LogP contribution in [-0.2, 0) is 4.79 Å². The van der Waals surface area contributed by atoms with Crippen molar-refractivity contribution in [2.75, 3.05) is 0 Å². The Labute approximate surface area is 182 Å². The SMILES string of the molecule is Cc1ccc(C(=O)N=C2C=C(C(C)(C)C)C(=O)C(Cl)(C(C)(C)C)C2(Cl)Cl)cc1. The van der Waals surface area contributed by atoms with Gasteiger partial charge in [0, 0.05) is 11.1 Å². The highest BCUT2D eigenvalue weighted by atomic mass is 35.5. The van der Waals surface area contributed by atoms with Gasteiger partial charge in [0.1, 0.15) is 0 Å². The van der Waals surface area contributed by atoms with Crippen LogP contribution < -0.4 is 0 Å². The molecule has 0 aliphatic heterocycles. The number of ketones is 1. The quantitative estimate of drug-likeness (QED) is 0.477.